The maximum atomic E-state index is 9.46. The Labute approximate surface area is 113 Å². The van der Waals surface area contributed by atoms with Gasteiger partial charge in [0, 0.05) is 18.6 Å². The van der Waals surface area contributed by atoms with Crippen molar-refractivity contribution in [1.82, 2.24) is 0 Å². The van der Waals surface area contributed by atoms with Crippen LogP contribution in [-0.2, 0) is 9.31 Å². The first-order valence-corrected chi connectivity index (χ1v) is 6.49. The Morgan fingerprint density at radius 2 is 1.63 bits per heavy atom. The first-order valence-electron chi connectivity index (χ1n) is 6.49. The molecule has 1 N–H and O–H groups in total. The van der Waals surface area contributed by atoms with E-state index in [0.29, 0.717) is 13.2 Å². The molecule has 0 unspecified atom stereocenters. The second kappa shape index (κ2) is 4.55. The van der Waals surface area contributed by atoms with Crippen LogP contribution in [0.1, 0.15) is 13.8 Å². The van der Waals surface area contributed by atoms with E-state index in [1.807, 2.05) is 18.2 Å². The SMILES string of the molecule is CC1(C)COB(c2ccc3cc(O)ccc3c2)OC1. The van der Waals surface area contributed by atoms with E-state index in [0.717, 1.165) is 16.2 Å². The summed E-state index contributed by atoms with van der Waals surface area (Å²) in [5, 5.41) is 11.5. The lowest BCUT2D eigenvalue weighted by atomic mass is 9.75. The number of rotatable bonds is 1. The van der Waals surface area contributed by atoms with Gasteiger partial charge in [-0.3, -0.25) is 0 Å². The van der Waals surface area contributed by atoms with Gasteiger partial charge in [-0.25, -0.2) is 0 Å². The summed E-state index contributed by atoms with van der Waals surface area (Å²) < 4.78 is 11.6. The zero-order valence-electron chi connectivity index (χ0n) is 11.2. The molecule has 0 radical (unpaired) electrons. The smallest absolute Gasteiger partial charge is 0.493 e. The van der Waals surface area contributed by atoms with Gasteiger partial charge < -0.3 is 14.4 Å². The van der Waals surface area contributed by atoms with Gasteiger partial charge in [0.15, 0.2) is 0 Å². The molecule has 2 aromatic rings. The van der Waals surface area contributed by atoms with Crippen molar-refractivity contribution in [2.45, 2.75) is 13.8 Å². The minimum atomic E-state index is -0.286. The fourth-order valence-electron chi connectivity index (χ4n) is 2.28. The lowest BCUT2D eigenvalue weighted by Crippen LogP contribution is -2.47. The lowest BCUT2D eigenvalue weighted by molar-refractivity contribution is 0.0343. The van der Waals surface area contributed by atoms with Crippen molar-refractivity contribution in [3.8, 4) is 5.75 Å². The molecule has 0 saturated carbocycles. The van der Waals surface area contributed by atoms with Crippen LogP contribution in [0.15, 0.2) is 36.4 Å². The standard InChI is InChI=1S/C15H17BO3/c1-15(2)9-18-16(19-10-15)13-5-3-12-8-14(17)6-4-11(12)7-13/h3-8,17H,9-10H2,1-2H3. The summed E-state index contributed by atoms with van der Waals surface area (Å²) in [6.45, 7) is 5.66. The van der Waals surface area contributed by atoms with Crippen LogP contribution in [0.2, 0.25) is 0 Å². The molecule has 98 valence electrons. The van der Waals surface area contributed by atoms with Crippen LogP contribution in [0.5, 0.6) is 5.75 Å². The van der Waals surface area contributed by atoms with Crippen LogP contribution in [-0.4, -0.2) is 25.4 Å². The zero-order chi connectivity index (χ0) is 13.5. The molecule has 1 fully saturated rings. The fraction of sp³-hybridized carbons (Fsp3) is 0.333. The van der Waals surface area contributed by atoms with Crippen LogP contribution in [0.4, 0.5) is 0 Å². The summed E-state index contributed by atoms with van der Waals surface area (Å²) in [4.78, 5) is 0. The molecule has 3 rings (SSSR count). The Kier molecular flexibility index (Phi) is 2.99. The third-order valence-electron chi connectivity index (χ3n) is 3.37. The normalized spacial score (nSPS) is 18.7. The van der Waals surface area contributed by atoms with Crippen LogP contribution >= 0.6 is 0 Å². The van der Waals surface area contributed by atoms with E-state index in [1.165, 1.54) is 0 Å². The molecule has 1 heterocycles. The van der Waals surface area contributed by atoms with E-state index in [2.05, 4.69) is 19.9 Å². The largest absolute Gasteiger partial charge is 0.508 e. The van der Waals surface area contributed by atoms with Crippen molar-refractivity contribution in [1.29, 1.82) is 0 Å². The maximum absolute atomic E-state index is 9.46. The Hall–Kier alpha value is -1.52. The van der Waals surface area contributed by atoms with Crippen molar-refractivity contribution in [2.75, 3.05) is 13.2 Å². The molecule has 3 nitrogen and oxygen atoms in total. The van der Waals surface area contributed by atoms with E-state index in [4.69, 9.17) is 9.31 Å². The van der Waals surface area contributed by atoms with Crippen LogP contribution in [0.3, 0.4) is 0 Å². The Morgan fingerprint density at radius 1 is 1.00 bits per heavy atom. The number of phenols is 1. The number of benzene rings is 2. The van der Waals surface area contributed by atoms with Gasteiger partial charge in [0.1, 0.15) is 5.75 Å². The lowest BCUT2D eigenvalue weighted by Gasteiger charge is -2.33. The zero-order valence-corrected chi connectivity index (χ0v) is 11.2. The highest BCUT2D eigenvalue weighted by molar-refractivity contribution is 6.61. The highest BCUT2D eigenvalue weighted by Gasteiger charge is 2.33. The second-order valence-corrected chi connectivity index (χ2v) is 5.91. The minimum Gasteiger partial charge on any atom is -0.508 e. The molecule has 0 amide bonds. The number of hydrogen-bond donors (Lipinski definition) is 1. The van der Waals surface area contributed by atoms with Gasteiger partial charge in [-0.15, -0.1) is 0 Å². The van der Waals surface area contributed by atoms with Gasteiger partial charge in [0.05, 0.1) is 0 Å². The molecule has 0 spiro atoms. The molecule has 1 aliphatic heterocycles. The van der Waals surface area contributed by atoms with Gasteiger partial charge in [-0.2, -0.15) is 0 Å². The minimum absolute atomic E-state index is 0.0825. The Balaban J connectivity index is 1.88. The fourth-order valence-corrected chi connectivity index (χ4v) is 2.28. The van der Waals surface area contributed by atoms with E-state index < -0.39 is 0 Å². The van der Waals surface area contributed by atoms with Crippen LogP contribution in [0, 0.1) is 5.41 Å². The van der Waals surface area contributed by atoms with Gasteiger partial charge in [0.2, 0.25) is 0 Å². The molecule has 1 aliphatic rings. The highest BCUT2D eigenvalue weighted by atomic mass is 16.6. The van der Waals surface area contributed by atoms with E-state index in [9.17, 15) is 5.11 Å². The molecule has 0 bridgehead atoms. The summed E-state index contributed by atoms with van der Waals surface area (Å²) in [6.07, 6.45) is 0. The van der Waals surface area contributed by atoms with Crippen LogP contribution in [0.25, 0.3) is 10.8 Å². The summed E-state index contributed by atoms with van der Waals surface area (Å²) >= 11 is 0. The monoisotopic (exact) mass is 256 g/mol. The topological polar surface area (TPSA) is 38.7 Å². The third-order valence-corrected chi connectivity index (χ3v) is 3.37. The van der Waals surface area contributed by atoms with Crippen molar-refractivity contribution >= 4 is 23.4 Å². The van der Waals surface area contributed by atoms with Crippen LogP contribution < -0.4 is 5.46 Å². The van der Waals surface area contributed by atoms with E-state index >= 15 is 0 Å². The van der Waals surface area contributed by atoms with Crippen molar-refractivity contribution in [2.24, 2.45) is 5.41 Å². The maximum Gasteiger partial charge on any atom is 0.493 e. The molecule has 0 aliphatic carbocycles. The first kappa shape index (κ1) is 12.5. The average Bonchev–Trinajstić information content (AvgIpc) is 2.38. The first-order chi connectivity index (χ1) is 9.03. The number of phenolic OH excluding ortho intramolecular Hbond substituents is 1. The summed E-state index contributed by atoms with van der Waals surface area (Å²) in [5.41, 5.74) is 1.10. The van der Waals surface area contributed by atoms with E-state index in [-0.39, 0.29) is 18.3 Å². The Morgan fingerprint density at radius 3 is 2.37 bits per heavy atom. The highest BCUT2D eigenvalue weighted by Crippen LogP contribution is 2.23. The second-order valence-electron chi connectivity index (χ2n) is 5.91. The van der Waals surface area contributed by atoms with Crippen molar-refractivity contribution < 1.29 is 14.4 Å². The van der Waals surface area contributed by atoms with Gasteiger partial charge in [0.25, 0.3) is 0 Å². The number of fused-ring (bicyclic) bond motifs is 1. The molecule has 2 aromatic carbocycles. The summed E-state index contributed by atoms with van der Waals surface area (Å²) in [7, 11) is -0.286. The molecule has 1 saturated heterocycles. The molecular weight excluding hydrogens is 239 g/mol. The number of hydrogen-bond acceptors (Lipinski definition) is 3. The quantitative estimate of drug-likeness (QED) is 0.796. The van der Waals surface area contributed by atoms with E-state index in [1.54, 1.807) is 12.1 Å². The Bertz CT molecular complexity index is 599. The van der Waals surface area contributed by atoms with Gasteiger partial charge >= 0.3 is 7.12 Å². The average molecular weight is 256 g/mol. The summed E-state index contributed by atoms with van der Waals surface area (Å²) in [6, 6.07) is 11.4. The molecule has 4 heteroatoms. The van der Waals surface area contributed by atoms with Gasteiger partial charge in [-0.1, -0.05) is 38.1 Å². The third kappa shape index (κ3) is 2.60. The number of aromatic hydroxyl groups is 1. The predicted octanol–water partition coefficient (Wildman–Crippen LogP) is 2.31. The predicted molar refractivity (Wildman–Crippen MR) is 76.7 cm³/mol. The molecule has 0 atom stereocenters. The summed E-state index contributed by atoms with van der Waals surface area (Å²) in [5.74, 6) is 0.284. The molecule has 0 aromatic heterocycles. The van der Waals surface area contributed by atoms with Crippen molar-refractivity contribution in [3.63, 3.8) is 0 Å². The van der Waals surface area contributed by atoms with Crippen molar-refractivity contribution in [3.05, 3.63) is 36.4 Å². The molecular formula is C15H17BO3. The van der Waals surface area contributed by atoms with Gasteiger partial charge in [-0.05, 0) is 28.4 Å². The molecule has 19 heavy (non-hydrogen) atoms.